The van der Waals surface area contributed by atoms with Crippen molar-refractivity contribution in [3.8, 4) is 0 Å². The first-order valence-corrected chi connectivity index (χ1v) is 7.64. The van der Waals surface area contributed by atoms with E-state index in [4.69, 9.17) is 16.7 Å². The lowest BCUT2D eigenvalue weighted by Gasteiger charge is -2.06. The summed E-state index contributed by atoms with van der Waals surface area (Å²) in [5.74, 6) is -0.702. The van der Waals surface area contributed by atoms with Gasteiger partial charge in [-0.25, -0.2) is 4.79 Å². The zero-order valence-electron chi connectivity index (χ0n) is 10.8. The zero-order chi connectivity index (χ0) is 14.7. The van der Waals surface area contributed by atoms with Gasteiger partial charge in [0.05, 0.1) is 22.1 Å². The monoisotopic (exact) mass is 308 g/mol. The van der Waals surface area contributed by atoms with Gasteiger partial charge < -0.3 is 5.11 Å². The maximum atomic E-state index is 12.3. The van der Waals surface area contributed by atoms with E-state index in [9.17, 15) is 9.00 Å². The maximum Gasteiger partial charge on any atom is 0.335 e. The van der Waals surface area contributed by atoms with E-state index in [0.717, 1.165) is 5.56 Å². The largest absolute Gasteiger partial charge is 0.478 e. The lowest BCUT2D eigenvalue weighted by atomic mass is 10.1. The number of benzene rings is 2. The average molecular weight is 309 g/mol. The summed E-state index contributed by atoms with van der Waals surface area (Å²) in [5, 5.41) is 9.67. The third-order valence-electron chi connectivity index (χ3n) is 2.89. The third-order valence-corrected chi connectivity index (χ3v) is 4.50. The number of hydrogen-bond donors (Lipinski definition) is 1. The Morgan fingerprint density at radius 1 is 1.25 bits per heavy atom. The van der Waals surface area contributed by atoms with Crippen LogP contribution in [0.25, 0.3) is 0 Å². The Morgan fingerprint density at radius 3 is 2.65 bits per heavy atom. The number of aryl methyl sites for hydroxylation is 1. The summed E-state index contributed by atoms with van der Waals surface area (Å²) < 4.78 is 12.3. The number of rotatable bonds is 4. The van der Waals surface area contributed by atoms with Crippen LogP contribution in [0.4, 0.5) is 0 Å². The highest BCUT2D eigenvalue weighted by atomic mass is 35.5. The Balaban J connectivity index is 2.26. The number of carboxylic acid groups (broad SMARTS) is 1. The van der Waals surface area contributed by atoms with Gasteiger partial charge in [0.15, 0.2) is 0 Å². The van der Waals surface area contributed by atoms with E-state index in [-0.39, 0.29) is 5.56 Å². The van der Waals surface area contributed by atoms with Crippen LogP contribution >= 0.6 is 11.6 Å². The number of hydrogen-bond acceptors (Lipinski definition) is 2. The molecule has 1 N–H and O–H groups in total. The van der Waals surface area contributed by atoms with E-state index in [2.05, 4.69) is 0 Å². The minimum absolute atomic E-state index is 0.182. The Morgan fingerprint density at radius 2 is 2.00 bits per heavy atom. The van der Waals surface area contributed by atoms with Crippen LogP contribution in [0.15, 0.2) is 47.4 Å². The van der Waals surface area contributed by atoms with E-state index >= 15 is 0 Å². The van der Waals surface area contributed by atoms with Crippen LogP contribution in [-0.2, 0) is 16.6 Å². The molecular formula is C15H13ClO3S. The molecule has 0 saturated carbocycles. The summed E-state index contributed by atoms with van der Waals surface area (Å²) in [6.45, 7) is 1.72. The van der Waals surface area contributed by atoms with Crippen molar-refractivity contribution in [1.29, 1.82) is 0 Å². The number of carbonyl (C=O) groups is 1. The standard InChI is InChI=1S/C15H13ClO3S/c1-10-5-6-13(8-14(10)15(17)18)20(19)9-11-3-2-4-12(16)7-11/h2-8H,9H2,1H3,(H,17,18). The molecule has 104 valence electrons. The van der Waals surface area contributed by atoms with E-state index in [0.29, 0.717) is 21.2 Å². The minimum atomic E-state index is -1.30. The Hall–Kier alpha value is -1.65. The molecule has 3 nitrogen and oxygen atoms in total. The van der Waals surface area contributed by atoms with Crippen molar-refractivity contribution in [2.24, 2.45) is 0 Å². The van der Waals surface area contributed by atoms with Gasteiger partial charge >= 0.3 is 5.97 Å². The van der Waals surface area contributed by atoms with Crippen molar-refractivity contribution >= 4 is 28.4 Å². The van der Waals surface area contributed by atoms with Gasteiger partial charge in [0.2, 0.25) is 0 Å². The second-order valence-corrected chi connectivity index (χ2v) is 6.29. The number of aromatic carboxylic acids is 1. The molecule has 2 aromatic carbocycles. The first-order chi connectivity index (χ1) is 9.47. The molecule has 2 aromatic rings. The molecule has 0 aliphatic carbocycles. The summed E-state index contributed by atoms with van der Waals surface area (Å²) in [6, 6.07) is 12.0. The summed E-state index contributed by atoms with van der Waals surface area (Å²) in [6.07, 6.45) is 0. The first kappa shape index (κ1) is 14.8. The fourth-order valence-electron chi connectivity index (χ4n) is 1.83. The quantitative estimate of drug-likeness (QED) is 0.938. The van der Waals surface area contributed by atoms with Gasteiger partial charge in [-0.3, -0.25) is 4.21 Å². The van der Waals surface area contributed by atoms with Gasteiger partial charge in [-0.05, 0) is 42.3 Å². The second kappa shape index (κ2) is 6.20. The molecule has 20 heavy (non-hydrogen) atoms. The van der Waals surface area contributed by atoms with Crippen molar-refractivity contribution in [2.45, 2.75) is 17.6 Å². The molecule has 0 spiro atoms. The SMILES string of the molecule is Cc1ccc(S(=O)Cc2cccc(Cl)c2)cc1C(=O)O. The predicted octanol–water partition coefficient (Wildman–Crippen LogP) is 3.65. The van der Waals surface area contributed by atoms with E-state index < -0.39 is 16.8 Å². The molecule has 0 fully saturated rings. The van der Waals surface area contributed by atoms with Crippen LogP contribution in [0.2, 0.25) is 5.02 Å². The van der Waals surface area contributed by atoms with Crippen molar-refractivity contribution in [3.05, 3.63) is 64.2 Å². The van der Waals surface area contributed by atoms with E-state index in [1.54, 1.807) is 37.3 Å². The van der Waals surface area contributed by atoms with Gasteiger partial charge in [0.25, 0.3) is 0 Å². The van der Waals surface area contributed by atoms with Crippen molar-refractivity contribution in [1.82, 2.24) is 0 Å². The Kier molecular flexibility index (Phi) is 4.57. The highest BCUT2D eigenvalue weighted by Gasteiger charge is 2.12. The minimum Gasteiger partial charge on any atom is -0.478 e. The fourth-order valence-corrected chi connectivity index (χ4v) is 3.17. The molecule has 0 aliphatic rings. The molecule has 0 aromatic heterocycles. The van der Waals surface area contributed by atoms with Crippen LogP contribution in [0, 0.1) is 6.92 Å². The third kappa shape index (κ3) is 3.46. The lowest BCUT2D eigenvalue weighted by Crippen LogP contribution is -2.03. The zero-order valence-corrected chi connectivity index (χ0v) is 12.4. The molecular weight excluding hydrogens is 296 g/mol. The van der Waals surface area contributed by atoms with Gasteiger partial charge in [0, 0.05) is 9.92 Å². The highest BCUT2D eigenvalue weighted by Crippen LogP contribution is 2.19. The van der Waals surface area contributed by atoms with Crippen molar-refractivity contribution in [3.63, 3.8) is 0 Å². The fraction of sp³-hybridized carbons (Fsp3) is 0.133. The van der Waals surface area contributed by atoms with Crippen LogP contribution in [0.5, 0.6) is 0 Å². The average Bonchev–Trinajstić information content (AvgIpc) is 2.38. The summed E-state index contributed by atoms with van der Waals surface area (Å²) >= 11 is 5.89. The topological polar surface area (TPSA) is 54.4 Å². The smallest absolute Gasteiger partial charge is 0.335 e. The van der Waals surface area contributed by atoms with Crippen molar-refractivity contribution < 1.29 is 14.1 Å². The van der Waals surface area contributed by atoms with Gasteiger partial charge in [-0.1, -0.05) is 29.8 Å². The Labute approximate surface area is 124 Å². The van der Waals surface area contributed by atoms with Crippen molar-refractivity contribution in [2.75, 3.05) is 0 Å². The molecule has 1 atom stereocenters. The predicted molar refractivity (Wildman–Crippen MR) is 79.7 cm³/mol. The molecule has 0 radical (unpaired) electrons. The molecule has 0 saturated heterocycles. The first-order valence-electron chi connectivity index (χ1n) is 5.94. The summed E-state index contributed by atoms with van der Waals surface area (Å²) in [5.41, 5.74) is 1.69. The van der Waals surface area contributed by atoms with Crippen LogP contribution in [0.1, 0.15) is 21.5 Å². The molecule has 0 amide bonds. The van der Waals surface area contributed by atoms with E-state index in [1.807, 2.05) is 6.07 Å². The molecule has 1 unspecified atom stereocenters. The Bertz CT molecular complexity index is 683. The highest BCUT2D eigenvalue weighted by molar-refractivity contribution is 7.84. The van der Waals surface area contributed by atoms with Crippen LogP contribution < -0.4 is 0 Å². The number of carboxylic acids is 1. The summed E-state index contributed by atoms with van der Waals surface area (Å²) in [7, 11) is -1.30. The van der Waals surface area contributed by atoms with Crippen LogP contribution in [-0.4, -0.2) is 15.3 Å². The second-order valence-electron chi connectivity index (χ2n) is 4.40. The molecule has 0 aliphatic heterocycles. The lowest BCUT2D eigenvalue weighted by molar-refractivity contribution is 0.0696. The normalized spacial score (nSPS) is 12.1. The molecule has 2 rings (SSSR count). The molecule has 0 heterocycles. The summed E-state index contributed by atoms with van der Waals surface area (Å²) in [4.78, 5) is 11.6. The van der Waals surface area contributed by atoms with Gasteiger partial charge in [-0.15, -0.1) is 0 Å². The molecule has 0 bridgehead atoms. The van der Waals surface area contributed by atoms with Crippen LogP contribution in [0.3, 0.4) is 0 Å². The van der Waals surface area contributed by atoms with Gasteiger partial charge in [0.1, 0.15) is 0 Å². The van der Waals surface area contributed by atoms with E-state index in [1.165, 1.54) is 6.07 Å². The molecule has 5 heteroatoms. The number of halogens is 1. The van der Waals surface area contributed by atoms with Gasteiger partial charge in [-0.2, -0.15) is 0 Å². The maximum absolute atomic E-state index is 12.3.